The first kappa shape index (κ1) is 15.3. The molecule has 1 aliphatic carbocycles. The second kappa shape index (κ2) is 7.07. The molecule has 4 unspecified atom stereocenters. The number of nitrogens with one attached hydrogen (secondary N) is 2. The lowest BCUT2D eigenvalue weighted by molar-refractivity contribution is -0.125. The number of carbonyl (C=O) groups is 1. The Balaban J connectivity index is 1.43. The van der Waals surface area contributed by atoms with Crippen LogP contribution in [-0.4, -0.2) is 62.3 Å². The van der Waals surface area contributed by atoms with Crippen LogP contribution in [0.2, 0.25) is 0 Å². The molecule has 21 heavy (non-hydrogen) atoms. The topological polar surface area (TPSA) is 53.6 Å². The first-order valence-corrected chi connectivity index (χ1v) is 8.56. The molecular formula is C16H29N3O2. The highest BCUT2D eigenvalue weighted by molar-refractivity contribution is 5.81. The Morgan fingerprint density at radius 3 is 3.00 bits per heavy atom. The zero-order valence-corrected chi connectivity index (χ0v) is 13.1. The molecule has 1 amide bonds. The summed E-state index contributed by atoms with van der Waals surface area (Å²) >= 11 is 0. The summed E-state index contributed by atoms with van der Waals surface area (Å²) in [7, 11) is 2.10. The first-order chi connectivity index (χ1) is 10.2. The second-order valence-corrected chi connectivity index (χ2v) is 6.95. The Bertz CT molecular complexity index is 363. The fourth-order valence-corrected chi connectivity index (χ4v) is 4.03. The molecule has 0 radical (unpaired) electrons. The molecule has 0 aromatic heterocycles. The maximum atomic E-state index is 12.4. The number of nitrogens with zero attached hydrogens (tertiary/aromatic N) is 1. The maximum absolute atomic E-state index is 12.4. The van der Waals surface area contributed by atoms with Gasteiger partial charge < -0.3 is 20.3 Å². The standard InChI is InChI=1S/C16H29N3O2/c1-19-8-9-21-13(11-19)10-17-16(20)15-7-6-12-4-2-3-5-14(12)18-15/h12-15,18H,2-11H2,1H3,(H,17,20). The summed E-state index contributed by atoms with van der Waals surface area (Å²) in [4.78, 5) is 14.6. The fourth-order valence-electron chi connectivity index (χ4n) is 4.03. The van der Waals surface area contributed by atoms with E-state index in [1.165, 1.54) is 32.1 Å². The smallest absolute Gasteiger partial charge is 0.237 e. The summed E-state index contributed by atoms with van der Waals surface area (Å²) in [5.41, 5.74) is 0. The minimum Gasteiger partial charge on any atom is -0.374 e. The van der Waals surface area contributed by atoms with Crippen LogP contribution in [0, 0.1) is 5.92 Å². The van der Waals surface area contributed by atoms with Gasteiger partial charge in [0.15, 0.2) is 0 Å². The molecule has 2 saturated heterocycles. The summed E-state index contributed by atoms with van der Waals surface area (Å²) < 4.78 is 5.70. The van der Waals surface area contributed by atoms with Crippen molar-refractivity contribution in [3.63, 3.8) is 0 Å². The van der Waals surface area contributed by atoms with Crippen molar-refractivity contribution in [2.45, 2.75) is 56.7 Å². The summed E-state index contributed by atoms with van der Waals surface area (Å²) in [6, 6.07) is 0.575. The third kappa shape index (κ3) is 3.96. The Hall–Kier alpha value is -0.650. The molecule has 3 fully saturated rings. The van der Waals surface area contributed by atoms with Gasteiger partial charge in [-0.15, -0.1) is 0 Å². The van der Waals surface area contributed by atoms with E-state index in [1.54, 1.807) is 0 Å². The van der Waals surface area contributed by atoms with E-state index < -0.39 is 0 Å². The predicted octanol–water partition coefficient (Wildman–Crippen LogP) is 0.744. The lowest BCUT2D eigenvalue weighted by Crippen LogP contribution is -2.56. The second-order valence-electron chi connectivity index (χ2n) is 6.95. The summed E-state index contributed by atoms with van der Waals surface area (Å²) in [5.74, 6) is 0.967. The molecule has 5 nitrogen and oxygen atoms in total. The molecule has 5 heteroatoms. The van der Waals surface area contributed by atoms with Crippen LogP contribution >= 0.6 is 0 Å². The van der Waals surface area contributed by atoms with E-state index >= 15 is 0 Å². The number of hydrogen-bond donors (Lipinski definition) is 2. The van der Waals surface area contributed by atoms with Crippen LogP contribution in [0.5, 0.6) is 0 Å². The van der Waals surface area contributed by atoms with Crippen molar-refractivity contribution < 1.29 is 9.53 Å². The van der Waals surface area contributed by atoms with E-state index in [-0.39, 0.29) is 18.1 Å². The number of hydrogen-bond acceptors (Lipinski definition) is 4. The lowest BCUT2D eigenvalue weighted by Gasteiger charge is -2.40. The number of rotatable bonds is 3. The summed E-state index contributed by atoms with van der Waals surface area (Å²) in [6.07, 6.45) is 7.59. The van der Waals surface area contributed by atoms with E-state index in [0.29, 0.717) is 12.6 Å². The van der Waals surface area contributed by atoms with Crippen LogP contribution in [0.1, 0.15) is 38.5 Å². The van der Waals surface area contributed by atoms with E-state index in [9.17, 15) is 4.79 Å². The van der Waals surface area contributed by atoms with Crippen LogP contribution in [0.15, 0.2) is 0 Å². The molecule has 4 atom stereocenters. The Morgan fingerprint density at radius 2 is 2.14 bits per heavy atom. The average molecular weight is 295 g/mol. The number of piperidine rings is 1. The lowest BCUT2D eigenvalue weighted by atomic mass is 9.77. The van der Waals surface area contributed by atoms with Crippen molar-refractivity contribution in [3.05, 3.63) is 0 Å². The van der Waals surface area contributed by atoms with Gasteiger partial charge in [0.05, 0.1) is 18.8 Å². The van der Waals surface area contributed by atoms with Crippen molar-refractivity contribution in [3.8, 4) is 0 Å². The SMILES string of the molecule is CN1CCOC(CNC(=O)C2CCC3CCCCC3N2)C1. The normalized spacial score (nSPS) is 37.8. The van der Waals surface area contributed by atoms with Crippen molar-refractivity contribution in [1.29, 1.82) is 0 Å². The van der Waals surface area contributed by atoms with Gasteiger partial charge in [-0.3, -0.25) is 4.79 Å². The van der Waals surface area contributed by atoms with Crippen molar-refractivity contribution in [1.82, 2.24) is 15.5 Å². The molecule has 120 valence electrons. The van der Waals surface area contributed by atoms with Gasteiger partial charge in [-0.1, -0.05) is 12.8 Å². The van der Waals surface area contributed by atoms with E-state index in [2.05, 4.69) is 22.6 Å². The van der Waals surface area contributed by atoms with Crippen molar-refractivity contribution in [2.75, 3.05) is 33.3 Å². The van der Waals surface area contributed by atoms with Crippen LogP contribution < -0.4 is 10.6 Å². The quantitative estimate of drug-likeness (QED) is 0.806. The number of amides is 1. The zero-order valence-electron chi connectivity index (χ0n) is 13.1. The Morgan fingerprint density at radius 1 is 1.29 bits per heavy atom. The third-order valence-electron chi connectivity index (χ3n) is 5.31. The Kier molecular flexibility index (Phi) is 5.14. The predicted molar refractivity (Wildman–Crippen MR) is 82.2 cm³/mol. The van der Waals surface area contributed by atoms with Gasteiger partial charge in [0, 0.05) is 25.7 Å². The molecule has 0 spiro atoms. The Labute approximate surface area is 127 Å². The van der Waals surface area contributed by atoms with Gasteiger partial charge in [-0.2, -0.15) is 0 Å². The maximum Gasteiger partial charge on any atom is 0.237 e. The molecule has 1 saturated carbocycles. The van der Waals surface area contributed by atoms with Crippen molar-refractivity contribution in [2.24, 2.45) is 5.92 Å². The molecule has 0 aromatic rings. The van der Waals surface area contributed by atoms with Crippen LogP contribution in [0.25, 0.3) is 0 Å². The summed E-state index contributed by atoms with van der Waals surface area (Å²) in [5, 5.41) is 6.67. The first-order valence-electron chi connectivity index (χ1n) is 8.56. The summed E-state index contributed by atoms with van der Waals surface area (Å²) in [6.45, 7) is 3.29. The fraction of sp³-hybridized carbons (Fsp3) is 0.938. The number of likely N-dealkylation sites (N-methyl/N-ethyl adjacent to an activating group) is 1. The van der Waals surface area contributed by atoms with E-state index in [1.807, 2.05) is 0 Å². The molecule has 0 aromatic carbocycles. The van der Waals surface area contributed by atoms with E-state index in [0.717, 1.165) is 32.0 Å². The molecule has 2 N–H and O–H groups in total. The molecular weight excluding hydrogens is 266 g/mol. The van der Waals surface area contributed by atoms with Crippen LogP contribution in [0.3, 0.4) is 0 Å². The van der Waals surface area contributed by atoms with Gasteiger partial charge in [0.1, 0.15) is 0 Å². The van der Waals surface area contributed by atoms with Crippen LogP contribution in [-0.2, 0) is 9.53 Å². The zero-order chi connectivity index (χ0) is 14.7. The molecule has 0 bridgehead atoms. The number of fused-ring (bicyclic) bond motifs is 1. The number of carbonyl (C=O) groups excluding carboxylic acids is 1. The molecule has 3 rings (SSSR count). The van der Waals surface area contributed by atoms with Gasteiger partial charge in [0.2, 0.25) is 5.91 Å². The van der Waals surface area contributed by atoms with E-state index in [4.69, 9.17) is 4.74 Å². The minimum absolute atomic E-state index is 0.00525. The minimum atomic E-state index is 0.00525. The van der Waals surface area contributed by atoms with Crippen molar-refractivity contribution >= 4 is 5.91 Å². The van der Waals surface area contributed by atoms with Gasteiger partial charge in [-0.25, -0.2) is 0 Å². The van der Waals surface area contributed by atoms with Crippen LogP contribution in [0.4, 0.5) is 0 Å². The number of morpholine rings is 1. The largest absolute Gasteiger partial charge is 0.374 e. The highest BCUT2D eigenvalue weighted by Crippen LogP contribution is 2.32. The average Bonchev–Trinajstić information content (AvgIpc) is 2.52. The van der Waals surface area contributed by atoms with Gasteiger partial charge in [-0.05, 0) is 38.6 Å². The number of ether oxygens (including phenoxy) is 1. The van der Waals surface area contributed by atoms with Gasteiger partial charge in [0.25, 0.3) is 0 Å². The highest BCUT2D eigenvalue weighted by Gasteiger charge is 2.34. The van der Waals surface area contributed by atoms with Gasteiger partial charge >= 0.3 is 0 Å². The monoisotopic (exact) mass is 295 g/mol. The highest BCUT2D eigenvalue weighted by atomic mass is 16.5. The third-order valence-corrected chi connectivity index (χ3v) is 5.31. The molecule has 2 heterocycles. The molecule has 3 aliphatic rings. The molecule has 2 aliphatic heterocycles.